The molecule has 0 atom stereocenters. The highest BCUT2D eigenvalue weighted by molar-refractivity contribution is 7.18. The zero-order chi connectivity index (χ0) is 11.8. The smallest absolute Gasteiger partial charge is 0.212 e. The Morgan fingerprint density at radius 2 is 1.94 bits per heavy atom. The van der Waals surface area contributed by atoms with E-state index in [1.54, 1.807) is 17.4 Å². The third-order valence-corrected chi connectivity index (χ3v) is 3.51. The number of thiazole rings is 1. The number of hydrogen-bond acceptors (Lipinski definition) is 3. The molecule has 0 aliphatic rings. The van der Waals surface area contributed by atoms with E-state index in [1.807, 2.05) is 25.1 Å². The second-order valence-corrected chi connectivity index (χ2v) is 5.02. The summed E-state index contributed by atoms with van der Waals surface area (Å²) in [5.74, 6) is -0.459. The Kier molecular flexibility index (Phi) is 2.37. The first-order valence-electron chi connectivity index (χ1n) is 5.21. The molecule has 0 amide bonds. The molecule has 0 spiro atoms. The third-order valence-electron chi connectivity index (χ3n) is 2.56. The van der Waals surface area contributed by atoms with Gasteiger partial charge in [0, 0.05) is 11.8 Å². The number of fused-ring (bicyclic) bond motifs is 1. The fraction of sp³-hybridized carbons (Fsp3) is 0.0769. The molecule has 3 aromatic rings. The monoisotopic (exact) mass is 244 g/mol. The zero-order valence-corrected chi connectivity index (χ0v) is 9.96. The van der Waals surface area contributed by atoms with Gasteiger partial charge in [0.15, 0.2) is 0 Å². The van der Waals surface area contributed by atoms with Crippen LogP contribution in [0, 0.1) is 12.9 Å². The summed E-state index contributed by atoms with van der Waals surface area (Å²) in [5.41, 5.74) is 2.89. The lowest BCUT2D eigenvalue weighted by Crippen LogP contribution is -1.83. The lowest BCUT2D eigenvalue weighted by molar-refractivity contribution is 0.584. The second kappa shape index (κ2) is 3.89. The van der Waals surface area contributed by atoms with Crippen molar-refractivity contribution in [3.63, 3.8) is 0 Å². The molecule has 3 rings (SSSR count). The van der Waals surface area contributed by atoms with Crippen LogP contribution in [0.25, 0.3) is 21.3 Å². The normalized spacial score (nSPS) is 10.9. The predicted molar refractivity (Wildman–Crippen MR) is 67.5 cm³/mol. The first kappa shape index (κ1) is 10.4. The van der Waals surface area contributed by atoms with Gasteiger partial charge in [-0.05, 0) is 36.8 Å². The van der Waals surface area contributed by atoms with Crippen LogP contribution in [0.5, 0.6) is 0 Å². The summed E-state index contributed by atoms with van der Waals surface area (Å²) < 4.78 is 13.9. The molecule has 84 valence electrons. The standard InChI is InChI=1S/C13H9FN2S/c1-8-16-11-6-9(2-4-12(11)17-8)10-3-5-13(14)15-7-10/h2-7H,1H3. The summed E-state index contributed by atoms with van der Waals surface area (Å²) in [6.45, 7) is 1.99. The van der Waals surface area contributed by atoms with Gasteiger partial charge in [0.2, 0.25) is 5.95 Å². The molecule has 2 heterocycles. The van der Waals surface area contributed by atoms with Crippen LogP contribution in [0.1, 0.15) is 5.01 Å². The molecule has 4 heteroatoms. The number of rotatable bonds is 1. The summed E-state index contributed by atoms with van der Waals surface area (Å²) >= 11 is 1.67. The molecule has 2 aromatic heterocycles. The summed E-state index contributed by atoms with van der Waals surface area (Å²) in [4.78, 5) is 8.10. The van der Waals surface area contributed by atoms with Crippen molar-refractivity contribution in [3.8, 4) is 11.1 Å². The first-order valence-corrected chi connectivity index (χ1v) is 6.03. The van der Waals surface area contributed by atoms with E-state index < -0.39 is 5.95 Å². The molecule has 0 unspecified atom stereocenters. The maximum absolute atomic E-state index is 12.7. The number of aryl methyl sites for hydroxylation is 1. The number of nitrogens with zero attached hydrogens (tertiary/aromatic N) is 2. The minimum absolute atomic E-state index is 0.459. The van der Waals surface area contributed by atoms with Crippen LogP contribution in [0.4, 0.5) is 4.39 Å². The molecular formula is C13H9FN2S. The van der Waals surface area contributed by atoms with Gasteiger partial charge in [-0.25, -0.2) is 9.97 Å². The second-order valence-electron chi connectivity index (χ2n) is 3.78. The molecule has 17 heavy (non-hydrogen) atoms. The van der Waals surface area contributed by atoms with Gasteiger partial charge in [-0.15, -0.1) is 11.3 Å². The van der Waals surface area contributed by atoms with Gasteiger partial charge in [0.25, 0.3) is 0 Å². The van der Waals surface area contributed by atoms with Crippen molar-refractivity contribution in [1.29, 1.82) is 0 Å². The Balaban J connectivity index is 2.13. The van der Waals surface area contributed by atoms with Crippen molar-refractivity contribution < 1.29 is 4.39 Å². The average molecular weight is 244 g/mol. The summed E-state index contributed by atoms with van der Waals surface area (Å²) in [7, 11) is 0. The SMILES string of the molecule is Cc1nc2cc(-c3ccc(F)nc3)ccc2s1. The largest absolute Gasteiger partial charge is 0.241 e. The van der Waals surface area contributed by atoms with Crippen LogP contribution in [0.3, 0.4) is 0 Å². The van der Waals surface area contributed by atoms with Crippen LogP contribution in [-0.2, 0) is 0 Å². The Bertz CT molecular complexity index is 673. The number of aromatic nitrogens is 2. The van der Waals surface area contributed by atoms with Crippen molar-refractivity contribution >= 4 is 21.6 Å². The van der Waals surface area contributed by atoms with Gasteiger partial charge in [0.05, 0.1) is 15.2 Å². The maximum Gasteiger partial charge on any atom is 0.212 e. The molecule has 0 N–H and O–H groups in total. The van der Waals surface area contributed by atoms with Crippen LogP contribution in [0.2, 0.25) is 0 Å². The quantitative estimate of drug-likeness (QED) is 0.608. The lowest BCUT2D eigenvalue weighted by Gasteiger charge is -2.00. The van der Waals surface area contributed by atoms with E-state index in [2.05, 4.69) is 9.97 Å². The van der Waals surface area contributed by atoms with E-state index in [0.29, 0.717) is 0 Å². The summed E-state index contributed by atoms with van der Waals surface area (Å²) in [6.07, 6.45) is 1.54. The highest BCUT2D eigenvalue weighted by Gasteiger charge is 2.04. The van der Waals surface area contributed by atoms with E-state index in [9.17, 15) is 4.39 Å². The van der Waals surface area contributed by atoms with E-state index >= 15 is 0 Å². The van der Waals surface area contributed by atoms with Crippen LogP contribution in [0.15, 0.2) is 36.5 Å². The fourth-order valence-electron chi connectivity index (χ4n) is 1.77. The van der Waals surface area contributed by atoms with E-state index in [-0.39, 0.29) is 0 Å². The van der Waals surface area contributed by atoms with Crippen molar-refractivity contribution in [1.82, 2.24) is 9.97 Å². The molecule has 0 bridgehead atoms. The van der Waals surface area contributed by atoms with Crippen LogP contribution >= 0.6 is 11.3 Å². The molecule has 0 fully saturated rings. The summed E-state index contributed by atoms with van der Waals surface area (Å²) in [6, 6.07) is 9.15. The minimum atomic E-state index is -0.459. The van der Waals surface area contributed by atoms with Crippen molar-refractivity contribution in [2.24, 2.45) is 0 Å². The molecule has 0 radical (unpaired) electrons. The van der Waals surface area contributed by atoms with Gasteiger partial charge in [0.1, 0.15) is 0 Å². The maximum atomic E-state index is 12.7. The molecule has 0 saturated carbocycles. The fourth-order valence-corrected chi connectivity index (χ4v) is 2.58. The third kappa shape index (κ3) is 1.91. The number of halogens is 1. The van der Waals surface area contributed by atoms with Crippen LogP contribution < -0.4 is 0 Å². The van der Waals surface area contributed by atoms with E-state index in [4.69, 9.17) is 0 Å². The molecule has 0 aliphatic carbocycles. The van der Waals surface area contributed by atoms with Crippen molar-refractivity contribution in [3.05, 3.63) is 47.5 Å². The highest BCUT2D eigenvalue weighted by atomic mass is 32.1. The Hall–Kier alpha value is -1.81. The van der Waals surface area contributed by atoms with E-state index in [0.717, 1.165) is 21.7 Å². The summed E-state index contributed by atoms with van der Waals surface area (Å²) in [5, 5.41) is 1.05. The van der Waals surface area contributed by atoms with Crippen LogP contribution in [-0.4, -0.2) is 9.97 Å². The Morgan fingerprint density at radius 3 is 2.71 bits per heavy atom. The topological polar surface area (TPSA) is 25.8 Å². The number of benzene rings is 1. The number of pyridine rings is 1. The van der Waals surface area contributed by atoms with Gasteiger partial charge in [-0.2, -0.15) is 4.39 Å². The van der Waals surface area contributed by atoms with Gasteiger partial charge in [-0.3, -0.25) is 0 Å². The lowest BCUT2D eigenvalue weighted by atomic mass is 10.1. The molecule has 1 aromatic carbocycles. The first-order chi connectivity index (χ1) is 8.22. The minimum Gasteiger partial charge on any atom is -0.241 e. The van der Waals surface area contributed by atoms with Gasteiger partial charge >= 0.3 is 0 Å². The molecule has 0 aliphatic heterocycles. The molecular weight excluding hydrogens is 235 g/mol. The van der Waals surface area contributed by atoms with Crippen molar-refractivity contribution in [2.45, 2.75) is 6.92 Å². The zero-order valence-electron chi connectivity index (χ0n) is 9.14. The number of hydrogen-bond donors (Lipinski definition) is 0. The van der Waals surface area contributed by atoms with Gasteiger partial charge in [-0.1, -0.05) is 6.07 Å². The highest BCUT2D eigenvalue weighted by Crippen LogP contribution is 2.27. The van der Waals surface area contributed by atoms with Crippen molar-refractivity contribution in [2.75, 3.05) is 0 Å². The Labute approximate surface area is 102 Å². The molecule has 2 nitrogen and oxygen atoms in total. The predicted octanol–water partition coefficient (Wildman–Crippen LogP) is 3.81. The Morgan fingerprint density at radius 1 is 1.12 bits per heavy atom. The molecule has 0 saturated heterocycles. The average Bonchev–Trinajstić information content (AvgIpc) is 2.69. The van der Waals surface area contributed by atoms with E-state index in [1.165, 1.54) is 17.0 Å². The van der Waals surface area contributed by atoms with Gasteiger partial charge < -0.3 is 0 Å².